The fourth-order valence-corrected chi connectivity index (χ4v) is 10.0. The molecule has 320 valence electrons. The highest BCUT2D eigenvalue weighted by Crippen LogP contribution is 2.66. The maximum absolute atomic E-state index is 15.4. The number of hydrogen-bond donors (Lipinski definition) is 3. The van der Waals surface area contributed by atoms with Crippen LogP contribution in [0.25, 0.3) is 0 Å². The molecule has 2 saturated carbocycles. The molecule has 0 unspecified atom stereocenters. The Hall–Kier alpha value is -5.96. The molecule has 61 heavy (non-hydrogen) atoms. The molecule has 14 nitrogen and oxygen atoms in total. The number of ether oxygens (including phenoxy) is 5. The number of aliphatic hydroxyl groups excluding tert-OH is 2. The molecule has 1 heterocycles. The maximum atomic E-state index is 15.4. The summed E-state index contributed by atoms with van der Waals surface area (Å²) in [7, 11) is 0. The molecule has 3 aromatic rings. The quantitative estimate of drug-likeness (QED) is 0.138. The lowest BCUT2D eigenvalue weighted by Gasteiger charge is -2.63. The number of amides is 1. The second kappa shape index (κ2) is 16.5. The number of benzene rings is 3. The molecule has 0 radical (unpaired) electrons. The number of fused-ring (bicyclic) bond motifs is 4. The molecule has 3 N–H and O–H groups in total. The van der Waals surface area contributed by atoms with Gasteiger partial charge < -0.3 is 39.2 Å². The highest BCUT2D eigenvalue weighted by molar-refractivity contribution is 5.97. The summed E-state index contributed by atoms with van der Waals surface area (Å²) in [5.41, 5.74) is -3.77. The van der Waals surface area contributed by atoms with Gasteiger partial charge in [0.05, 0.1) is 41.1 Å². The lowest BCUT2D eigenvalue weighted by molar-refractivity contribution is -0.332. The predicted molar refractivity (Wildman–Crippen MR) is 216 cm³/mol. The van der Waals surface area contributed by atoms with Gasteiger partial charge in [-0.05, 0) is 61.7 Å². The van der Waals surface area contributed by atoms with E-state index in [-0.39, 0.29) is 41.7 Å². The highest BCUT2D eigenvalue weighted by atomic mass is 16.6. The molecule has 0 bridgehead atoms. The number of Topliss-reactive ketones (excluding diaryl/α,β-unsaturated/α-hetero) is 1. The number of aliphatic hydroxyl groups is 2. The van der Waals surface area contributed by atoms with Crippen LogP contribution in [0, 0.1) is 16.7 Å². The van der Waals surface area contributed by atoms with E-state index in [0.717, 1.165) is 6.92 Å². The Morgan fingerprint density at radius 2 is 1.44 bits per heavy atom. The van der Waals surface area contributed by atoms with Crippen LogP contribution in [0.5, 0.6) is 0 Å². The first kappa shape index (κ1) is 43.1. The minimum atomic E-state index is -1.96. The van der Waals surface area contributed by atoms with E-state index in [9.17, 15) is 34.2 Å². The topological polar surface area (TPSA) is 201 Å². The van der Waals surface area contributed by atoms with E-state index in [4.69, 9.17) is 23.7 Å². The minimum Gasteiger partial charge on any atom is -0.457 e. The van der Waals surface area contributed by atoms with Gasteiger partial charge in [-0.25, -0.2) is 9.59 Å². The van der Waals surface area contributed by atoms with Crippen molar-refractivity contribution in [1.29, 1.82) is 0 Å². The number of carbonyl (C=O) groups excluding carboxylic acids is 6. The molecule has 4 aliphatic rings. The van der Waals surface area contributed by atoms with Crippen LogP contribution in [0.15, 0.2) is 114 Å². The van der Waals surface area contributed by atoms with Crippen LogP contribution in [0.2, 0.25) is 0 Å². The van der Waals surface area contributed by atoms with Crippen molar-refractivity contribution >= 4 is 35.6 Å². The van der Waals surface area contributed by atoms with Crippen molar-refractivity contribution in [2.45, 2.75) is 95.7 Å². The number of nitrogens with one attached hydrogen (secondary N) is 1. The van der Waals surface area contributed by atoms with Crippen LogP contribution in [0.4, 0.5) is 0 Å². The van der Waals surface area contributed by atoms with E-state index >= 15 is 4.79 Å². The van der Waals surface area contributed by atoms with Gasteiger partial charge >= 0.3 is 23.9 Å². The lowest BCUT2D eigenvalue weighted by Crippen LogP contribution is -2.77. The molecular formula is C47H49NO13. The van der Waals surface area contributed by atoms with E-state index < -0.39 is 101 Å². The van der Waals surface area contributed by atoms with Crippen molar-refractivity contribution in [3.63, 3.8) is 0 Å². The Kier molecular flexibility index (Phi) is 11.7. The number of esters is 4. The van der Waals surface area contributed by atoms with E-state index in [1.807, 2.05) is 0 Å². The van der Waals surface area contributed by atoms with Crippen LogP contribution in [0.3, 0.4) is 0 Å². The van der Waals surface area contributed by atoms with Crippen molar-refractivity contribution < 1.29 is 62.7 Å². The largest absolute Gasteiger partial charge is 0.457 e. The third-order valence-corrected chi connectivity index (χ3v) is 13.0. The van der Waals surface area contributed by atoms with Crippen LogP contribution >= 0.6 is 0 Å². The molecular weight excluding hydrogens is 787 g/mol. The van der Waals surface area contributed by atoms with Gasteiger partial charge in [0.2, 0.25) is 0 Å². The smallest absolute Gasteiger partial charge is 0.338 e. The summed E-state index contributed by atoms with van der Waals surface area (Å²) < 4.78 is 30.7. The molecule has 3 fully saturated rings. The molecule has 11 atom stereocenters. The van der Waals surface area contributed by atoms with Crippen LogP contribution < -0.4 is 5.32 Å². The summed E-state index contributed by atoms with van der Waals surface area (Å²) in [5, 5.41) is 26.5. The summed E-state index contributed by atoms with van der Waals surface area (Å²) in [5.74, 6) is -6.21. The van der Waals surface area contributed by atoms with E-state index in [0.29, 0.717) is 11.1 Å². The zero-order valence-electron chi connectivity index (χ0n) is 34.5. The van der Waals surface area contributed by atoms with E-state index in [1.165, 1.54) is 26.0 Å². The Morgan fingerprint density at radius 3 is 1.98 bits per heavy atom. The Morgan fingerprint density at radius 1 is 0.852 bits per heavy atom. The Balaban J connectivity index is 1.37. The normalized spacial score (nSPS) is 31.0. The fraction of sp³-hybridized carbons (Fsp3) is 0.404. The average Bonchev–Trinajstić information content (AvgIpc) is 3.50. The van der Waals surface area contributed by atoms with Crippen molar-refractivity contribution in [2.75, 3.05) is 6.61 Å². The monoisotopic (exact) mass is 835 g/mol. The van der Waals surface area contributed by atoms with E-state index in [1.54, 1.807) is 92.7 Å². The zero-order valence-corrected chi connectivity index (χ0v) is 34.5. The SMILES string of the molecule is C=C(C)[C@@]12C[C@H](OC(=O)[C@H](O)[C@@H](NC(=O)c3ccccc3)c3ccccc3)C(C)=C1[C@@H](OC(C)=O)C(=O)[C@@]1(C)[C@H]([C@@H]2OC(=O)c2ccccc2)[C@]2(OC(C)=O)CO[C@@H]2C[C@@H]1O. The average molecular weight is 836 g/mol. The Labute approximate surface area is 352 Å². The molecule has 1 saturated heterocycles. The predicted octanol–water partition coefficient (Wildman–Crippen LogP) is 4.54. The fourth-order valence-electron chi connectivity index (χ4n) is 10.0. The van der Waals surface area contributed by atoms with Crippen molar-refractivity contribution in [3.8, 4) is 0 Å². The van der Waals surface area contributed by atoms with Gasteiger partial charge in [-0.15, -0.1) is 0 Å². The number of carbonyl (C=O) groups is 6. The molecule has 3 aliphatic carbocycles. The van der Waals surface area contributed by atoms with Gasteiger partial charge in [-0.1, -0.05) is 78.9 Å². The van der Waals surface area contributed by atoms with Crippen molar-refractivity contribution in [3.05, 3.63) is 131 Å². The molecule has 14 heteroatoms. The number of rotatable bonds is 11. The van der Waals surface area contributed by atoms with Gasteiger partial charge in [0, 0.05) is 32.3 Å². The van der Waals surface area contributed by atoms with Crippen LogP contribution in [-0.4, -0.2) is 94.6 Å². The number of ketones is 1. The first-order valence-electron chi connectivity index (χ1n) is 20.1. The van der Waals surface area contributed by atoms with Crippen molar-refractivity contribution in [1.82, 2.24) is 5.32 Å². The first-order valence-corrected chi connectivity index (χ1v) is 20.1. The molecule has 1 aliphatic heterocycles. The first-order chi connectivity index (χ1) is 29.0. The third kappa shape index (κ3) is 7.25. The van der Waals surface area contributed by atoms with Gasteiger partial charge in [0.15, 0.2) is 23.6 Å². The third-order valence-electron chi connectivity index (χ3n) is 13.0. The second-order valence-corrected chi connectivity index (χ2v) is 16.6. The molecule has 0 aromatic heterocycles. The van der Waals surface area contributed by atoms with Crippen molar-refractivity contribution in [2.24, 2.45) is 16.7 Å². The van der Waals surface area contributed by atoms with Gasteiger partial charge in [-0.2, -0.15) is 0 Å². The van der Waals surface area contributed by atoms with Crippen LogP contribution in [0.1, 0.15) is 79.8 Å². The summed E-state index contributed by atoms with van der Waals surface area (Å²) >= 11 is 0. The van der Waals surface area contributed by atoms with Gasteiger partial charge in [-0.3, -0.25) is 19.2 Å². The van der Waals surface area contributed by atoms with Crippen LogP contribution in [-0.2, 0) is 42.9 Å². The molecule has 7 rings (SSSR count). The summed E-state index contributed by atoms with van der Waals surface area (Å²) in [6.45, 7) is 11.1. The Bertz CT molecular complexity index is 2280. The van der Waals surface area contributed by atoms with Gasteiger partial charge in [0.1, 0.15) is 18.3 Å². The summed E-state index contributed by atoms with van der Waals surface area (Å²) in [6.07, 6.45) is -9.27. The molecule has 1 amide bonds. The molecule has 0 spiro atoms. The lowest BCUT2D eigenvalue weighted by atomic mass is 9.51. The molecule has 3 aromatic carbocycles. The highest BCUT2D eigenvalue weighted by Gasteiger charge is 2.78. The minimum absolute atomic E-state index is 0.105. The van der Waals surface area contributed by atoms with Gasteiger partial charge in [0.25, 0.3) is 5.91 Å². The second-order valence-electron chi connectivity index (χ2n) is 16.6. The summed E-state index contributed by atoms with van der Waals surface area (Å²) in [6, 6.07) is 23.4. The maximum Gasteiger partial charge on any atom is 0.338 e. The summed E-state index contributed by atoms with van der Waals surface area (Å²) in [4.78, 5) is 83.4. The zero-order chi connectivity index (χ0) is 44.0. The van der Waals surface area contributed by atoms with E-state index in [2.05, 4.69) is 11.9 Å². The number of hydrogen-bond acceptors (Lipinski definition) is 13. The standard InChI is InChI=1S/C47H49NO13/c1-25(2)46-23-32(59-44(56)37(52)36(29-16-10-7-11-17-29)48-42(54)30-18-12-8-13-19-30)26(3)35(46)38(58-27(4)49)40(53)45(6)33(51)22-34-47(24-57-34,61-28(5)50)39(45)41(46)60-43(55)31-20-14-9-15-21-31/h7-21,32-34,36-39,41,51-52H,1,22-24H2,2-6H3,(H,48,54)/t32-,33-,34+,36-,37+,38+,39-,41-,45+,46-,47-/m0/s1.